The maximum atomic E-state index is 12.1. The van der Waals surface area contributed by atoms with Gasteiger partial charge in [-0.1, -0.05) is 12.1 Å². The molecule has 7 heteroatoms. The van der Waals surface area contributed by atoms with Gasteiger partial charge in [-0.3, -0.25) is 19.8 Å². The summed E-state index contributed by atoms with van der Waals surface area (Å²) in [6.07, 6.45) is 0.296. The molecule has 1 aromatic rings. The monoisotopic (exact) mass is 300 g/mol. The van der Waals surface area contributed by atoms with E-state index in [1.807, 2.05) is 0 Å². The first-order valence-corrected chi connectivity index (χ1v) is 6.25. The van der Waals surface area contributed by atoms with Crippen molar-refractivity contribution < 1.29 is 14.5 Å². The third-order valence-corrected chi connectivity index (χ3v) is 3.16. The number of nitro benzene ring substituents is 1. The van der Waals surface area contributed by atoms with Crippen molar-refractivity contribution in [3.8, 4) is 0 Å². The summed E-state index contributed by atoms with van der Waals surface area (Å²) in [5.74, 6) is -0.182. The highest BCUT2D eigenvalue weighted by atomic mass is 35.5. The number of carbonyl (C=O) groups excluding carboxylic acids is 1. The normalized spacial score (nSPS) is 15.4. The first-order chi connectivity index (χ1) is 9.18. The maximum Gasteiger partial charge on any atom is 0.280 e. The van der Waals surface area contributed by atoms with Crippen LogP contribution in [0.15, 0.2) is 24.3 Å². The van der Waals surface area contributed by atoms with Crippen LogP contribution in [-0.4, -0.2) is 48.5 Å². The number of ether oxygens (including phenoxy) is 1. The van der Waals surface area contributed by atoms with Gasteiger partial charge in [-0.15, -0.1) is 12.4 Å². The summed E-state index contributed by atoms with van der Waals surface area (Å²) in [4.78, 5) is 24.5. The molecule has 0 aliphatic carbocycles. The maximum absolute atomic E-state index is 12.1. The second-order valence-corrected chi connectivity index (χ2v) is 4.40. The molecule has 20 heavy (non-hydrogen) atoms. The average molecular weight is 301 g/mol. The van der Waals surface area contributed by atoms with Crippen LogP contribution < -0.4 is 0 Å². The summed E-state index contributed by atoms with van der Waals surface area (Å²) < 4.78 is 5.23. The minimum atomic E-state index is -0.512. The van der Waals surface area contributed by atoms with Crippen LogP contribution in [0.5, 0.6) is 0 Å². The molecule has 6 nitrogen and oxygen atoms in total. The second-order valence-electron chi connectivity index (χ2n) is 4.40. The van der Waals surface area contributed by atoms with Crippen LogP contribution in [0.25, 0.3) is 0 Å². The molecule has 0 spiro atoms. The topological polar surface area (TPSA) is 72.7 Å². The van der Waals surface area contributed by atoms with Crippen molar-refractivity contribution in [1.29, 1.82) is 0 Å². The molecule has 1 heterocycles. The molecule has 0 unspecified atom stereocenters. The van der Waals surface area contributed by atoms with Gasteiger partial charge in [-0.2, -0.15) is 0 Å². The molecule has 0 amide bonds. The predicted molar refractivity (Wildman–Crippen MR) is 76.6 cm³/mol. The predicted octanol–water partition coefficient (Wildman–Crippen LogP) is 1.92. The number of hydrogen-bond acceptors (Lipinski definition) is 5. The van der Waals surface area contributed by atoms with E-state index in [0.717, 1.165) is 13.1 Å². The molecule has 0 atom stereocenters. The van der Waals surface area contributed by atoms with Crippen LogP contribution in [0, 0.1) is 10.1 Å². The smallest absolute Gasteiger partial charge is 0.280 e. The summed E-state index contributed by atoms with van der Waals surface area (Å²) in [5.41, 5.74) is 0.0789. The molecular formula is C13H17ClN2O4. The van der Waals surface area contributed by atoms with Crippen LogP contribution in [0.4, 0.5) is 5.69 Å². The highest BCUT2D eigenvalue weighted by Gasteiger charge is 2.20. The van der Waals surface area contributed by atoms with Crippen LogP contribution in [0.1, 0.15) is 16.8 Å². The van der Waals surface area contributed by atoms with E-state index in [1.54, 1.807) is 12.1 Å². The van der Waals surface area contributed by atoms with E-state index in [0.29, 0.717) is 26.2 Å². The molecule has 1 saturated heterocycles. The Bertz CT molecular complexity index is 475. The van der Waals surface area contributed by atoms with Crippen molar-refractivity contribution in [2.24, 2.45) is 0 Å². The van der Waals surface area contributed by atoms with Gasteiger partial charge >= 0.3 is 0 Å². The Labute approximate surface area is 123 Å². The van der Waals surface area contributed by atoms with E-state index in [1.165, 1.54) is 12.1 Å². The van der Waals surface area contributed by atoms with E-state index >= 15 is 0 Å². The van der Waals surface area contributed by atoms with Gasteiger partial charge in [0.15, 0.2) is 5.78 Å². The van der Waals surface area contributed by atoms with Gasteiger partial charge in [-0.25, -0.2) is 0 Å². The summed E-state index contributed by atoms with van der Waals surface area (Å²) in [5, 5.41) is 10.9. The lowest BCUT2D eigenvalue weighted by Crippen LogP contribution is -2.37. The van der Waals surface area contributed by atoms with E-state index in [-0.39, 0.29) is 29.4 Å². The molecule has 1 aliphatic heterocycles. The molecule has 110 valence electrons. The number of carbonyl (C=O) groups is 1. The molecule has 0 radical (unpaired) electrons. The fourth-order valence-electron chi connectivity index (χ4n) is 2.09. The van der Waals surface area contributed by atoms with Gasteiger partial charge < -0.3 is 4.74 Å². The first kappa shape index (κ1) is 16.6. The quantitative estimate of drug-likeness (QED) is 0.472. The number of nitrogens with zero attached hydrogens (tertiary/aromatic N) is 2. The highest BCUT2D eigenvalue weighted by Crippen LogP contribution is 2.19. The molecule has 0 saturated carbocycles. The molecule has 1 aromatic carbocycles. The van der Waals surface area contributed by atoms with Gasteiger partial charge in [0.05, 0.1) is 23.7 Å². The van der Waals surface area contributed by atoms with Gasteiger partial charge in [0, 0.05) is 32.1 Å². The fraction of sp³-hybridized carbons (Fsp3) is 0.462. The Hall–Kier alpha value is -1.50. The summed E-state index contributed by atoms with van der Waals surface area (Å²) in [7, 11) is 0. The Kier molecular flexibility index (Phi) is 6.57. The zero-order valence-electron chi connectivity index (χ0n) is 11.0. The standard InChI is InChI=1S/C13H16N2O4.ClH/c16-13(5-6-14-7-9-19-10-8-14)11-3-1-2-4-12(11)15(17)18;/h1-4H,5-10H2;1H. The lowest BCUT2D eigenvalue weighted by Gasteiger charge is -2.26. The molecule has 0 aromatic heterocycles. The Morgan fingerprint density at radius 3 is 2.60 bits per heavy atom. The van der Waals surface area contributed by atoms with E-state index in [2.05, 4.69) is 4.90 Å². The SMILES string of the molecule is Cl.O=C(CCN1CCOCC1)c1ccccc1[N+](=O)[O-]. The zero-order valence-corrected chi connectivity index (χ0v) is 11.8. The van der Waals surface area contributed by atoms with Crippen LogP contribution in [-0.2, 0) is 4.74 Å². The zero-order chi connectivity index (χ0) is 13.7. The Morgan fingerprint density at radius 2 is 1.95 bits per heavy atom. The second kappa shape index (κ2) is 7.94. The number of ketones is 1. The highest BCUT2D eigenvalue weighted by molar-refractivity contribution is 5.99. The minimum absolute atomic E-state index is 0. The largest absolute Gasteiger partial charge is 0.379 e. The third-order valence-electron chi connectivity index (χ3n) is 3.16. The Morgan fingerprint density at radius 1 is 1.30 bits per heavy atom. The number of hydrogen-bond donors (Lipinski definition) is 0. The summed E-state index contributed by atoms with van der Waals surface area (Å²) in [6.45, 7) is 3.60. The lowest BCUT2D eigenvalue weighted by molar-refractivity contribution is -0.385. The third kappa shape index (κ3) is 4.26. The number of nitro groups is 1. The first-order valence-electron chi connectivity index (χ1n) is 6.25. The molecule has 1 aliphatic rings. The van der Waals surface area contributed by atoms with Crippen LogP contribution >= 0.6 is 12.4 Å². The number of benzene rings is 1. The fourth-order valence-corrected chi connectivity index (χ4v) is 2.09. The molecule has 1 fully saturated rings. The van der Waals surface area contributed by atoms with Crippen molar-refractivity contribution in [3.05, 3.63) is 39.9 Å². The van der Waals surface area contributed by atoms with Crippen LogP contribution in [0.3, 0.4) is 0 Å². The van der Waals surface area contributed by atoms with E-state index < -0.39 is 4.92 Å². The number of rotatable bonds is 5. The van der Waals surface area contributed by atoms with Gasteiger partial charge in [-0.05, 0) is 6.07 Å². The number of morpholine rings is 1. The van der Waals surface area contributed by atoms with E-state index in [9.17, 15) is 14.9 Å². The molecule has 2 rings (SSSR count). The number of para-hydroxylation sites is 1. The number of Topliss-reactive ketones (excluding diaryl/α,β-unsaturated/α-hetero) is 1. The van der Waals surface area contributed by atoms with E-state index in [4.69, 9.17) is 4.74 Å². The average Bonchev–Trinajstić information content (AvgIpc) is 2.46. The van der Waals surface area contributed by atoms with Crippen molar-refractivity contribution in [2.75, 3.05) is 32.8 Å². The van der Waals surface area contributed by atoms with Gasteiger partial charge in [0.2, 0.25) is 0 Å². The van der Waals surface area contributed by atoms with Crippen molar-refractivity contribution >= 4 is 23.9 Å². The Balaban J connectivity index is 0.00000200. The van der Waals surface area contributed by atoms with Crippen molar-refractivity contribution in [1.82, 2.24) is 4.90 Å². The molecular weight excluding hydrogens is 284 g/mol. The van der Waals surface area contributed by atoms with Crippen LogP contribution in [0.2, 0.25) is 0 Å². The summed E-state index contributed by atoms with van der Waals surface area (Å²) >= 11 is 0. The molecule has 0 N–H and O–H groups in total. The number of halogens is 1. The lowest BCUT2D eigenvalue weighted by atomic mass is 10.1. The summed E-state index contributed by atoms with van der Waals surface area (Å²) in [6, 6.07) is 6.09. The van der Waals surface area contributed by atoms with Gasteiger partial charge in [0.25, 0.3) is 5.69 Å². The van der Waals surface area contributed by atoms with Crippen molar-refractivity contribution in [2.45, 2.75) is 6.42 Å². The molecule has 0 bridgehead atoms. The van der Waals surface area contributed by atoms with Gasteiger partial charge in [0.1, 0.15) is 0 Å². The minimum Gasteiger partial charge on any atom is -0.379 e. The van der Waals surface area contributed by atoms with Crippen molar-refractivity contribution in [3.63, 3.8) is 0 Å².